The van der Waals surface area contributed by atoms with E-state index < -0.39 is 17.1 Å². The van der Waals surface area contributed by atoms with Gasteiger partial charge in [-0.1, -0.05) is 6.07 Å². The van der Waals surface area contributed by atoms with Crippen molar-refractivity contribution in [1.82, 2.24) is 9.66 Å². The maximum Gasteiger partial charge on any atom is 0.340 e. The highest BCUT2D eigenvalue weighted by atomic mass is 16.4. The number of carboxylic acids is 1. The Hall–Kier alpha value is -2.83. The third-order valence-corrected chi connectivity index (χ3v) is 2.71. The van der Waals surface area contributed by atoms with Crippen LogP contribution in [-0.4, -0.2) is 20.7 Å². The summed E-state index contributed by atoms with van der Waals surface area (Å²) in [6.45, 7) is 0. The Balaban J connectivity index is 2.19. The minimum atomic E-state index is -1.15. The van der Waals surface area contributed by atoms with Crippen molar-refractivity contribution in [2.24, 2.45) is 0 Å². The van der Waals surface area contributed by atoms with E-state index in [1.807, 2.05) is 0 Å². The Kier molecular flexibility index (Phi) is 1.91. The molecule has 0 radical (unpaired) electrons. The summed E-state index contributed by atoms with van der Waals surface area (Å²) in [7, 11) is 0. The Bertz CT molecular complexity index is 810. The van der Waals surface area contributed by atoms with Crippen molar-refractivity contribution in [3.05, 3.63) is 50.7 Å². The molecule has 18 heavy (non-hydrogen) atoms. The second-order valence-electron chi connectivity index (χ2n) is 3.79. The van der Waals surface area contributed by atoms with Crippen LogP contribution in [0.4, 0.5) is 5.69 Å². The number of carboxylic acid groups (broad SMARTS) is 1. The van der Waals surface area contributed by atoms with Gasteiger partial charge in [-0.05, 0) is 12.1 Å². The van der Waals surface area contributed by atoms with Crippen LogP contribution in [0.5, 0.6) is 0 Å². The van der Waals surface area contributed by atoms with Crippen molar-refractivity contribution in [3.63, 3.8) is 0 Å². The zero-order valence-corrected chi connectivity index (χ0v) is 8.93. The third kappa shape index (κ3) is 1.34. The maximum absolute atomic E-state index is 11.3. The fourth-order valence-electron chi connectivity index (χ4n) is 1.80. The standard InChI is InChI=1S/C11H7N3O4/c15-9-10(16)14(9)13-6-2-1-5-3-4-12-8(5)7(6)11(17)18/h1-4,12-13H,(H,17,18). The molecule has 0 aliphatic heterocycles. The van der Waals surface area contributed by atoms with E-state index in [0.29, 0.717) is 5.52 Å². The number of nitrogens with zero attached hydrogens (tertiary/aromatic N) is 1. The largest absolute Gasteiger partial charge is 0.478 e. The number of anilines is 1. The van der Waals surface area contributed by atoms with Gasteiger partial charge in [0.2, 0.25) is 0 Å². The number of aromatic amines is 1. The molecule has 0 unspecified atom stereocenters. The molecule has 2 heterocycles. The number of hydrogen-bond acceptors (Lipinski definition) is 4. The van der Waals surface area contributed by atoms with Crippen molar-refractivity contribution in [2.75, 3.05) is 5.43 Å². The van der Waals surface area contributed by atoms with Crippen LogP contribution < -0.4 is 16.5 Å². The number of rotatable bonds is 3. The van der Waals surface area contributed by atoms with Crippen molar-refractivity contribution in [3.8, 4) is 0 Å². The molecule has 90 valence electrons. The number of fused-ring (bicyclic) bond motifs is 1. The molecule has 0 aliphatic rings. The molecule has 1 aromatic carbocycles. The van der Waals surface area contributed by atoms with Crippen LogP contribution in [-0.2, 0) is 0 Å². The van der Waals surface area contributed by atoms with Gasteiger partial charge in [-0.15, -0.1) is 0 Å². The molecule has 0 aliphatic carbocycles. The van der Waals surface area contributed by atoms with Crippen LogP contribution in [0.1, 0.15) is 10.4 Å². The van der Waals surface area contributed by atoms with Crippen LogP contribution in [0, 0.1) is 0 Å². The highest BCUT2D eigenvalue weighted by Crippen LogP contribution is 2.25. The molecule has 0 amide bonds. The van der Waals surface area contributed by atoms with Gasteiger partial charge < -0.3 is 10.1 Å². The average molecular weight is 245 g/mol. The first-order valence-electron chi connectivity index (χ1n) is 5.08. The summed E-state index contributed by atoms with van der Waals surface area (Å²) < 4.78 is 0.760. The molecule has 0 atom stereocenters. The maximum atomic E-state index is 11.3. The van der Waals surface area contributed by atoms with Crippen LogP contribution in [0.2, 0.25) is 0 Å². The van der Waals surface area contributed by atoms with E-state index in [1.165, 1.54) is 6.07 Å². The quantitative estimate of drug-likeness (QED) is 0.569. The fraction of sp³-hybridized carbons (Fsp3) is 0. The average Bonchev–Trinajstić information content (AvgIpc) is 2.79. The number of hydrogen-bond donors (Lipinski definition) is 3. The van der Waals surface area contributed by atoms with E-state index in [4.69, 9.17) is 0 Å². The van der Waals surface area contributed by atoms with Gasteiger partial charge in [-0.2, -0.15) is 4.68 Å². The second kappa shape index (κ2) is 3.33. The lowest BCUT2D eigenvalue weighted by Crippen LogP contribution is -2.12. The minimum absolute atomic E-state index is 0.00926. The number of nitrogens with one attached hydrogen (secondary N) is 2. The number of aromatic nitrogens is 2. The van der Waals surface area contributed by atoms with E-state index in [1.54, 1.807) is 18.3 Å². The predicted octanol–water partition coefficient (Wildman–Crippen LogP) is 0.139. The first kappa shape index (κ1) is 10.3. The summed E-state index contributed by atoms with van der Waals surface area (Å²) in [6, 6.07) is 4.94. The molecule has 3 aromatic rings. The van der Waals surface area contributed by atoms with Crippen LogP contribution in [0.15, 0.2) is 34.0 Å². The molecule has 7 nitrogen and oxygen atoms in total. The van der Waals surface area contributed by atoms with Crippen molar-refractivity contribution < 1.29 is 9.90 Å². The smallest absolute Gasteiger partial charge is 0.340 e. The van der Waals surface area contributed by atoms with E-state index in [-0.39, 0.29) is 11.3 Å². The number of H-pyrrole nitrogens is 1. The van der Waals surface area contributed by atoms with Gasteiger partial charge in [-0.3, -0.25) is 15.0 Å². The second-order valence-corrected chi connectivity index (χ2v) is 3.79. The molecule has 0 saturated carbocycles. The van der Waals surface area contributed by atoms with Crippen molar-refractivity contribution in [1.29, 1.82) is 0 Å². The molecule has 7 heteroatoms. The molecule has 0 spiro atoms. The Morgan fingerprint density at radius 2 is 1.94 bits per heavy atom. The molecular weight excluding hydrogens is 238 g/mol. The van der Waals surface area contributed by atoms with Gasteiger partial charge in [-0.25, -0.2) is 4.79 Å². The molecule has 0 bridgehead atoms. The van der Waals surface area contributed by atoms with Gasteiger partial charge in [0.05, 0.1) is 11.2 Å². The molecule has 3 rings (SSSR count). The predicted molar refractivity (Wildman–Crippen MR) is 63.6 cm³/mol. The monoisotopic (exact) mass is 245 g/mol. The Labute approximate surface area is 98.9 Å². The minimum Gasteiger partial charge on any atom is -0.478 e. The number of carbonyl (C=O) groups is 1. The summed E-state index contributed by atoms with van der Waals surface area (Å²) in [5, 5.41) is 9.94. The zero-order valence-electron chi connectivity index (χ0n) is 8.93. The molecule has 2 aromatic heterocycles. The normalized spacial score (nSPS) is 11.1. The zero-order chi connectivity index (χ0) is 12.9. The summed E-state index contributed by atoms with van der Waals surface area (Å²) in [6.07, 6.45) is 1.62. The molecule has 3 N–H and O–H groups in total. The summed E-state index contributed by atoms with van der Waals surface area (Å²) in [5.41, 5.74) is 1.74. The fourth-order valence-corrected chi connectivity index (χ4v) is 1.80. The molecule has 0 saturated heterocycles. The lowest BCUT2D eigenvalue weighted by molar-refractivity contribution is 0.0700. The van der Waals surface area contributed by atoms with Crippen LogP contribution in [0.3, 0.4) is 0 Å². The van der Waals surface area contributed by atoms with E-state index in [0.717, 1.165) is 10.1 Å². The van der Waals surface area contributed by atoms with Crippen LogP contribution >= 0.6 is 0 Å². The van der Waals surface area contributed by atoms with Gasteiger partial charge in [0.15, 0.2) is 0 Å². The topological polar surface area (TPSA) is 104 Å². The van der Waals surface area contributed by atoms with Crippen LogP contribution in [0.25, 0.3) is 10.9 Å². The van der Waals surface area contributed by atoms with Crippen molar-refractivity contribution in [2.45, 2.75) is 0 Å². The molecule has 0 fully saturated rings. The summed E-state index contributed by atoms with van der Waals surface area (Å²) >= 11 is 0. The lowest BCUT2D eigenvalue weighted by atomic mass is 10.1. The first-order valence-corrected chi connectivity index (χ1v) is 5.08. The first-order chi connectivity index (χ1) is 8.59. The highest BCUT2D eigenvalue weighted by Gasteiger charge is 2.21. The number of aromatic carboxylic acids is 1. The Morgan fingerprint density at radius 3 is 2.56 bits per heavy atom. The van der Waals surface area contributed by atoms with E-state index >= 15 is 0 Å². The van der Waals surface area contributed by atoms with Crippen molar-refractivity contribution >= 4 is 22.6 Å². The number of benzene rings is 1. The highest BCUT2D eigenvalue weighted by molar-refractivity contribution is 6.07. The van der Waals surface area contributed by atoms with Gasteiger partial charge in [0.25, 0.3) is 0 Å². The van der Waals surface area contributed by atoms with E-state index in [2.05, 4.69) is 10.4 Å². The molecular formula is C11H7N3O4. The lowest BCUT2D eigenvalue weighted by Gasteiger charge is -2.07. The SMILES string of the molecule is O=C(O)c1c(Nn2c(=O)c2=O)ccc2cc[nH]c12. The van der Waals surface area contributed by atoms with Gasteiger partial charge >= 0.3 is 17.1 Å². The Morgan fingerprint density at radius 1 is 1.22 bits per heavy atom. The summed E-state index contributed by atoms with van der Waals surface area (Å²) in [5.74, 6) is -1.15. The third-order valence-electron chi connectivity index (χ3n) is 2.71. The van der Waals surface area contributed by atoms with Gasteiger partial charge in [0.1, 0.15) is 5.56 Å². The van der Waals surface area contributed by atoms with E-state index in [9.17, 15) is 19.5 Å². The summed E-state index contributed by atoms with van der Waals surface area (Å²) in [4.78, 5) is 35.8. The van der Waals surface area contributed by atoms with Gasteiger partial charge in [0, 0.05) is 11.6 Å².